The molecule has 3 heterocycles. The molecule has 9 heteroatoms. The summed E-state index contributed by atoms with van der Waals surface area (Å²) >= 11 is 7.75. The Bertz CT molecular complexity index is 1320. The summed E-state index contributed by atoms with van der Waals surface area (Å²) in [6.07, 6.45) is 3.62. The summed E-state index contributed by atoms with van der Waals surface area (Å²) in [7, 11) is 0. The fraction of sp³-hybridized carbons (Fsp3) is 0.333. The molecule has 0 aliphatic carbocycles. The molecule has 0 saturated carbocycles. The van der Waals surface area contributed by atoms with E-state index in [1.54, 1.807) is 22.7 Å². The molecular weight excluding hydrogens is 458 g/mol. The van der Waals surface area contributed by atoms with Crippen LogP contribution in [0.5, 0.6) is 5.75 Å². The van der Waals surface area contributed by atoms with Crippen molar-refractivity contribution in [1.29, 1.82) is 0 Å². The van der Waals surface area contributed by atoms with Crippen LogP contribution >= 0.6 is 23.4 Å². The molecule has 4 aromatic rings. The van der Waals surface area contributed by atoms with Crippen molar-refractivity contribution in [3.63, 3.8) is 0 Å². The summed E-state index contributed by atoms with van der Waals surface area (Å²) in [4.78, 5) is 17.2. The molecule has 0 aliphatic rings. The molecule has 7 nitrogen and oxygen atoms in total. The zero-order valence-electron chi connectivity index (χ0n) is 18.9. The van der Waals surface area contributed by atoms with Crippen molar-refractivity contribution in [1.82, 2.24) is 24.1 Å². The van der Waals surface area contributed by atoms with E-state index in [0.717, 1.165) is 29.4 Å². The van der Waals surface area contributed by atoms with Crippen molar-refractivity contribution >= 4 is 29.0 Å². The quantitative estimate of drug-likeness (QED) is 0.293. The van der Waals surface area contributed by atoms with Crippen LogP contribution in [0.25, 0.3) is 5.65 Å². The highest BCUT2D eigenvalue weighted by Gasteiger charge is 2.20. The molecule has 0 fully saturated rings. The van der Waals surface area contributed by atoms with E-state index in [-0.39, 0.29) is 18.2 Å². The molecule has 33 heavy (non-hydrogen) atoms. The topological polar surface area (TPSA) is 74.3 Å². The summed E-state index contributed by atoms with van der Waals surface area (Å²) in [5, 5.41) is 10.2. The normalized spacial score (nSPS) is 11.4. The monoisotopic (exact) mass is 483 g/mol. The van der Waals surface area contributed by atoms with E-state index in [1.807, 2.05) is 37.3 Å². The Morgan fingerprint density at radius 2 is 1.91 bits per heavy atom. The highest BCUT2D eigenvalue weighted by molar-refractivity contribution is 7.98. The van der Waals surface area contributed by atoms with Crippen molar-refractivity contribution in [3.05, 3.63) is 81.1 Å². The second kappa shape index (κ2) is 10.4. The predicted molar refractivity (Wildman–Crippen MR) is 131 cm³/mol. The molecule has 1 aromatic carbocycles. The Morgan fingerprint density at radius 1 is 1.12 bits per heavy atom. The van der Waals surface area contributed by atoms with Gasteiger partial charge in [-0.3, -0.25) is 9.20 Å². The van der Waals surface area contributed by atoms with Gasteiger partial charge in [0.05, 0.1) is 10.7 Å². The van der Waals surface area contributed by atoms with Gasteiger partial charge in [0.25, 0.3) is 5.56 Å². The average molecular weight is 484 g/mol. The van der Waals surface area contributed by atoms with Crippen LogP contribution in [0.15, 0.2) is 58.6 Å². The maximum atomic E-state index is 12.5. The average Bonchev–Trinajstić information content (AvgIpc) is 3.21. The van der Waals surface area contributed by atoms with Crippen LogP contribution in [-0.2, 0) is 12.4 Å². The van der Waals surface area contributed by atoms with Gasteiger partial charge in [-0.1, -0.05) is 55.4 Å². The third kappa shape index (κ3) is 5.07. The number of halogens is 1. The smallest absolute Gasteiger partial charge is 0.258 e. The van der Waals surface area contributed by atoms with Crippen molar-refractivity contribution in [3.8, 4) is 5.75 Å². The minimum atomic E-state index is -0.0883. The lowest BCUT2D eigenvalue weighted by molar-refractivity contribution is 0.278. The van der Waals surface area contributed by atoms with Crippen LogP contribution in [-0.4, -0.2) is 24.1 Å². The minimum absolute atomic E-state index is 0.0883. The largest absolute Gasteiger partial charge is 0.484 e. The molecule has 0 spiro atoms. The summed E-state index contributed by atoms with van der Waals surface area (Å²) < 4.78 is 9.64. The van der Waals surface area contributed by atoms with Crippen LogP contribution < -0.4 is 10.3 Å². The first-order valence-corrected chi connectivity index (χ1v) is 12.3. The number of aryl methyl sites for hydroxylation is 1. The Hall–Kier alpha value is -2.84. The van der Waals surface area contributed by atoms with Crippen molar-refractivity contribution in [2.45, 2.75) is 57.2 Å². The number of para-hydroxylation sites is 1. The number of benzene rings is 1. The molecule has 0 amide bonds. The molecule has 0 aliphatic heterocycles. The number of ether oxygens (including phenoxy) is 1. The van der Waals surface area contributed by atoms with Crippen molar-refractivity contribution in [2.75, 3.05) is 0 Å². The first-order valence-electron chi connectivity index (χ1n) is 10.9. The highest BCUT2D eigenvalue weighted by atomic mass is 35.5. The third-order valence-corrected chi connectivity index (χ3v) is 6.81. The van der Waals surface area contributed by atoms with Crippen LogP contribution in [0.2, 0.25) is 5.02 Å². The maximum Gasteiger partial charge on any atom is 0.258 e. The summed E-state index contributed by atoms with van der Waals surface area (Å²) in [6.45, 7) is 6.52. The first-order chi connectivity index (χ1) is 16.0. The van der Waals surface area contributed by atoms with Crippen molar-refractivity contribution in [2.24, 2.45) is 0 Å². The van der Waals surface area contributed by atoms with Gasteiger partial charge in [-0.15, -0.1) is 10.2 Å². The van der Waals surface area contributed by atoms with Gasteiger partial charge in [0.1, 0.15) is 18.0 Å². The van der Waals surface area contributed by atoms with E-state index in [0.29, 0.717) is 27.9 Å². The fourth-order valence-electron chi connectivity index (χ4n) is 3.75. The molecule has 0 unspecified atom stereocenters. The number of hydrogen-bond donors (Lipinski definition) is 0. The second-order valence-electron chi connectivity index (χ2n) is 7.72. The van der Waals surface area contributed by atoms with E-state index < -0.39 is 0 Å². The summed E-state index contributed by atoms with van der Waals surface area (Å²) in [5.74, 6) is 1.88. The Morgan fingerprint density at radius 3 is 2.67 bits per heavy atom. The van der Waals surface area contributed by atoms with Gasteiger partial charge in [-0.2, -0.15) is 0 Å². The number of fused-ring (bicyclic) bond motifs is 1. The van der Waals surface area contributed by atoms with Gasteiger partial charge >= 0.3 is 0 Å². The number of hydrogen-bond acceptors (Lipinski definition) is 6. The molecule has 0 N–H and O–H groups in total. The fourth-order valence-corrected chi connectivity index (χ4v) is 4.86. The third-order valence-electron chi connectivity index (χ3n) is 5.52. The molecule has 4 rings (SSSR count). The van der Waals surface area contributed by atoms with Gasteiger partial charge in [0.15, 0.2) is 11.0 Å². The highest BCUT2D eigenvalue weighted by Crippen LogP contribution is 2.29. The van der Waals surface area contributed by atoms with E-state index in [4.69, 9.17) is 21.3 Å². The minimum Gasteiger partial charge on any atom is -0.484 e. The van der Waals surface area contributed by atoms with E-state index in [9.17, 15) is 4.79 Å². The lowest BCUT2D eigenvalue weighted by Crippen LogP contribution is -2.16. The lowest BCUT2D eigenvalue weighted by atomic mass is 10.2. The standard InChI is InChI=1S/C24H26ClN5O2S/c1-4-18(5-2)30-21(14-32-20-11-7-6-10-19(20)25)27-28-24(30)33-15-17-13-22(31)29-12-8-9-16(3)23(29)26-17/h6-13,18H,4-5,14-15H2,1-3H3. The van der Waals surface area contributed by atoms with Gasteiger partial charge in [-0.05, 0) is 43.5 Å². The van der Waals surface area contributed by atoms with E-state index in [2.05, 4.69) is 28.6 Å². The zero-order chi connectivity index (χ0) is 23.4. The Kier molecular flexibility index (Phi) is 7.35. The van der Waals surface area contributed by atoms with Gasteiger partial charge < -0.3 is 9.30 Å². The second-order valence-corrected chi connectivity index (χ2v) is 9.07. The van der Waals surface area contributed by atoms with Gasteiger partial charge in [-0.25, -0.2) is 4.98 Å². The zero-order valence-corrected chi connectivity index (χ0v) is 20.4. The number of aromatic nitrogens is 5. The van der Waals surface area contributed by atoms with Crippen LogP contribution in [0.3, 0.4) is 0 Å². The summed E-state index contributed by atoms with van der Waals surface area (Å²) in [6, 6.07) is 13.0. The Labute approximate surface area is 201 Å². The molecule has 172 valence electrons. The number of thioether (sulfide) groups is 1. The number of pyridine rings is 1. The molecular formula is C24H26ClN5O2S. The number of nitrogens with zero attached hydrogens (tertiary/aromatic N) is 5. The molecule has 0 bridgehead atoms. The van der Waals surface area contributed by atoms with Crippen molar-refractivity contribution < 1.29 is 4.74 Å². The van der Waals surface area contributed by atoms with Crippen LogP contribution in [0.4, 0.5) is 0 Å². The van der Waals surface area contributed by atoms with Gasteiger partial charge in [0, 0.05) is 24.1 Å². The van der Waals surface area contributed by atoms with Crippen LogP contribution in [0.1, 0.15) is 49.8 Å². The Balaban J connectivity index is 1.58. The maximum absolute atomic E-state index is 12.5. The molecule has 0 radical (unpaired) electrons. The molecule has 0 saturated heterocycles. The molecule has 3 aromatic heterocycles. The SMILES string of the molecule is CCC(CC)n1c(COc2ccccc2Cl)nnc1SCc1cc(=O)n2cccc(C)c2n1. The first kappa shape index (κ1) is 23.3. The predicted octanol–water partition coefficient (Wildman–Crippen LogP) is 5.48. The molecule has 0 atom stereocenters. The van der Waals surface area contributed by atoms with Crippen LogP contribution in [0, 0.1) is 6.92 Å². The van der Waals surface area contributed by atoms with Gasteiger partial charge in [0.2, 0.25) is 0 Å². The summed E-state index contributed by atoms with van der Waals surface area (Å²) in [5.41, 5.74) is 2.26. The van der Waals surface area contributed by atoms with E-state index >= 15 is 0 Å². The lowest BCUT2D eigenvalue weighted by Gasteiger charge is -2.19. The number of rotatable bonds is 9. The van der Waals surface area contributed by atoms with E-state index in [1.165, 1.54) is 11.8 Å².